The maximum Gasteiger partial charge on any atom is 0.309 e. The van der Waals surface area contributed by atoms with Crippen LogP contribution in [-0.4, -0.2) is 23.7 Å². The number of ether oxygens (including phenoxy) is 1. The van der Waals surface area contributed by atoms with Gasteiger partial charge in [-0.3, -0.25) is 9.59 Å². The highest BCUT2D eigenvalue weighted by molar-refractivity contribution is 5.73. The second kappa shape index (κ2) is 9.92. The topological polar surface area (TPSA) is 63.6 Å². The third-order valence-corrected chi connectivity index (χ3v) is 2.37. The molecule has 1 N–H and O–H groups in total. The Morgan fingerprint density at radius 3 is 1.89 bits per heavy atom. The summed E-state index contributed by atoms with van der Waals surface area (Å²) in [7, 11) is 0. The smallest absolute Gasteiger partial charge is 0.309 e. The molecule has 0 heterocycles. The van der Waals surface area contributed by atoms with E-state index in [1.807, 2.05) is 27.7 Å². The lowest BCUT2D eigenvalue weighted by Gasteiger charge is -2.16. The molecule has 0 aromatic rings. The fourth-order valence-corrected chi connectivity index (χ4v) is 1.10. The lowest BCUT2D eigenvalue weighted by atomic mass is 9.88. The first kappa shape index (κ1) is 19.3. The highest BCUT2D eigenvalue weighted by atomic mass is 16.5. The van der Waals surface area contributed by atoms with Gasteiger partial charge in [-0.2, -0.15) is 0 Å². The Bertz CT molecular complexity index is 242. The Balaban J connectivity index is 0. The minimum Gasteiger partial charge on any atom is -0.481 e. The Morgan fingerprint density at radius 2 is 1.67 bits per heavy atom. The van der Waals surface area contributed by atoms with Crippen LogP contribution in [0.15, 0.2) is 0 Å². The van der Waals surface area contributed by atoms with Gasteiger partial charge in [0.25, 0.3) is 0 Å². The average molecular weight is 260 g/mol. The molecule has 0 saturated carbocycles. The highest BCUT2D eigenvalue weighted by Crippen LogP contribution is 2.21. The van der Waals surface area contributed by atoms with Crippen molar-refractivity contribution in [3.63, 3.8) is 0 Å². The van der Waals surface area contributed by atoms with Crippen LogP contribution >= 0.6 is 0 Å². The van der Waals surface area contributed by atoms with Crippen molar-refractivity contribution in [3.05, 3.63) is 0 Å². The van der Waals surface area contributed by atoms with Gasteiger partial charge in [0.15, 0.2) is 0 Å². The van der Waals surface area contributed by atoms with Crippen LogP contribution in [0.5, 0.6) is 0 Å². The van der Waals surface area contributed by atoms with E-state index in [9.17, 15) is 9.59 Å². The summed E-state index contributed by atoms with van der Waals surface area (Å²) in [5.74, 6) is -0.794. The first-order chi connectivity index (χ1) is 8.18. The highest BCUT2D eigenvalue weighted by Gasteiger charge is 2.25. The molecule has 0 aliphatic rings. The molecule has 0 aliphatic carbocycles. The maximum atomic E-state index is 10.7. The molecule has 108 valence electrons. The summed E-state index contributed by atoms with van der Waals surface area (Å²) in [6.45, 7) is 11.7. The molecule has 0 unspecified atom stereocenters. The van der Waals surface area contributed by atoms with Crippen molar-refractivity contribution >= 4 is 11.9 Å². The van der Waals surface area contributed by atoms with Gasteiger partial charge in [0, 0.05) is 0 Å². The van der Waals surface area contributed by atoms with E-state index in [1.54, 1.807) is 13.8 Å². The summed E-state index contributed by atoms with van der Waals surface area (Å²) in [5, 5.41) is 8.57. The number of aliphatic carboxylic acids is 1. The molecule has 0 amide bonds. The van der Waals surface area contributed by atoms with Crippen molar-refractivity contribution in [2.45, 2.75) is 60.8 Å². The number of carbonyl (C=O) groups is 2. The molecule has 18 heavy (non-hydrogen) atoms. The van der Waals surface area contributed by atoms with Gasteiger partial charge >= 0.3 is 11.9 Å². The standard InChI is InChI=1S/2C7H14O2/c1-4-5-7(2,3)6(8)9;1-4-5-9-7(8)6(2)3/h4-5H2,1-3H3,(H,8,9);6H,4-5H2,1-3H3. The number of rotatable bonds is 6. The molecular weight excluding hydrogens is 232 g/mol. The predicted molar refractivity (Wildman–Crippen MR) is 72.4 cm³/mol. The van der Waals surface area contributed by atoms with Gasteiger partial charge < -0.3 is 9.84 Å². The second-order valence-electron chi connectivity index (χ2n) is 5.26. The minimum absolute atomic E-state index is 0.0107. The number of esters is 1. The summed E-state index contributed by atoms with van der Waals surface area (Å²) >= 11 is 0. The van der Waals surface area contributed by atoms with E-state index in [0.29, 0.717) is 6.61 Å². The quantitative estimate of drug-likeness (QED) is 0.742. The van der Waals surface area contributed by atoms with E-state index in [1.165, 1.54) is 0 Å². The molecule has 0 aromatic carbocycles. The summed E-state index contributed by atoms with van der Waals surface area (Å²) in [4.78, 5) is 21.1. The third-order valence-electron chi connectivity index (χ3n) is 2.37. The van der Waals surface area contributed by atoms with Gasteiger partial charge in [-0.1, -0.05) is 34.1 Å². The largest absolute Gasteiger partial charge is 0.481 e. The fraction of sp³-hybridized carbons (Fsp3) is 0.857. The number of hydrogen-bond acceptors (Lipinski definition) is 3. The average Bonchev–Trinajstić information content (AvgIpc) is 2.26. The van der Waals surface area contributed by atoms with E-state index < -0.39 is 11.4 Å². The molecule has 4 nitrogen and oxygen atoms in total. The first-order valence-corrected chi connectivity index (χ1v) is 6.59. The molecule has 0 saturated heterocycles. The van der Waals surface area contributed by atoms with Gasteiger partial charge in [-0.25, -0.2) is 0 Å². The van der Waals surface area contributed by atoms with Gasteiger partial charge in [0.1, 0.15) is 0 Å². The fourth-order valence-electron chi connectivity index (χ4n) is 1.10. The number of carboxylic acid groups (broad SMARTS) is 1. The molecule has 0 aromatic heterocycles. The van der Waals surface area contributed by atoms with Gasteiger partial charge in [0.2, 0.25) is 0 Å². The molecule has 4 heteroatoms. The molecule has 0 radical (unpaired) electrons. The Hall–Kier alpha value is -1.06. The van der Waals surface area contributed by atoms with Crippen LogP contribution in [-0.2, 0) is 14.3 Å². The summed E-state index contributed by atoms with van der Waals surface area (Å²) in [6.07, 6.45) is 2.58. The third kappa shape index (κ3) is 10.1. The zero-order valence-electron chi connectivity index (χ0n) is 12.6. The maximum absolute atomic E-state index is 10.7. The Kier molecular flexibility index (Phi) is 10.6. The molecule has 0 spiro atoms. The SMILES string of the molecule is CCCC(C)(C)C(=O)O.CCCOC(=O)C(C)C. The molecule has 0 fully saturated rings. The summed E-state index contributed by atoms with van der Waals surface area (Å²) in [5.41, 5.74) is -0.533. The van der Waals surface area contributed by atoms with E-state index in [2.05, 4.69) is 0 Å². The molecule has 0 aliphatic heterocycles. The number of carbonyl (C=O) groups excluding carboxylic acids is 1. The number of carboxylic acids is 1. The van der Waals surface area contributed by atoms with Gasteiger partial charge in [0.05, 0.1) is 17.9 Å². The minimum atomic E-state index is -0.704. The van der Waals surface area contributed by atoms with Crippen molar-refractivity contribution < 1.29 is 19.4 Å². The van der Waals surface area contributed by atoms with Crippen LogP contribution in [0.3, 0.4) is 0 Å². The lowest BCUT2D eigenvalue weighted by molar-refractivity contribution is -0.148. The van der Waals surface area contributed by atoms with Gasteiger partial charge in [-0.05, 0) is 26.7 Å². The zero-order chi connectivity index (χ0) is 14.8. The Labute approximate surface area is 111 Å². The predicted octanol–water partition coefficient (Wildman–Crippen LogP) is 3.49. The monoisotopic (exact) mass is 260 g/mol. The van der Waals surface area contributed by atoms with E-state index in [4.69, 9.17) is 9.84 Å². The number of hydrogen-bond donors (Lipinski definition) is 1. The van der Waals surface area contributed by atoms with Crippen molar-refractivity contribution in [2.75, 3.05) is 6.61 Å². The van der Waals surface area contributed by atoms with Crippen LogP contribution in [0, 0.1) is 11.3 Å². The zero-order valence-corrected chi connectivity index (χ0v) is 12.6. The molecular formula is C14H28O4. The summed E-state index contributed by atoms with van der Waals surface area (Å²) < 4.78 is 4.81. The van der Waals surface area contributed by atoms with E-state index in [-0.39, 0.29) is 11.9 Å². The van der Waals surface area contributed by atoms with Crippen molar-refractivity contribution in [3.8, 4) is 0 Å². The van der Waals surface area contributed by atoms with Crippen molar-refractivity contribution in [2.24, 2.45) is 11.3 Å². The first-order valence-electron chi connectivity index (χ1n) is 6.59. The van der Waals surface area contributed by atoms with Gasteiger partial charge in [-0.15, -0.1) is 0 Å². The van der Waals surface area contributed by atoms with Crippen LogP contribution in [0.4, 0.5) is 0 Å². The molecule has 0 atom stereocenters. The summed E-state index contributed by atoms with van der Waals surface area (Å²) in [6, 6.07) is 0. The molecule has 0 bridgehead atoms. The molecule has 0 rings (SSSR count). The van der Waals surface area contributed by atoms with Crippen LogP contribution < -0.4 is 0 Å². The van der Waals surface area contributed by atoms with Crippen molar-refractivity contribution in [1.82, 2.24) is 0 Å². The Morgan fingerprint density at radius 1 is 1.17 bits per heavy atom. The second-order valence-corrected chi connectivity index (χ2v) is 5.26. The van der Waals surface area contributed by atoms with E-state index >= 15 is 0 Å². The normalized spacial score (nSPS) is 10.6. The van der Waals surface area contributed by atoms with Crippen LogP contribution in [0.25, 0.3) is 0 Å². The van der Waals surface area contributed by atoms with Crippen LogP contribution in [0.1, 0.15) is 60.8 Å². The van der Waals surface area contributed by atoms with Crippen molar-refractivity contribution in [1.29, 1.82) is 0 Å². The van der Waals surface area contributed by atoms with Crippen LogP contribution in [0.2, 0.25) is 0 Å². The lowest BCUT2D eigenvalue weighted by Crippen LogP contribution is -2.22. The van der Waals surface area contributed by atoms with E-state index in [0.717, 1.165) is 19.3 Å².